The van der Waals surface area contributed by atoms with Crippen LogP contribution in [0.15, 0.2) is 48.5 Å². The lowest BCUT2D eigenvalue weighted by Crippen LogP contribution is -2.39. The minimum Gasteiger partial charge on any atom is -0.480 e. The van der Waals surface area contributed by atoms with Crippen LogP contribution < -0.4 is 10.6 Å². The topological polar surface area (TPSA) is 105 Å². The molecule has 0 saturated heterocycles. The molecule has 2 aromatic rings. The second-order valence-corrected chi connectivity index (χ2v) is 6.12. The van der Waals surface area contributed by atoms with E-state index in [1.54, 1.807) is 0 Å². The maximum absolute atomic E-state index is 12.2. The standard InChI is InChI=1S/C21H18N2O5/c24-19(22-13-20(25)26)12-23-21(27)28-18-11-16-7-2-1-5-14(16)9-10-15-6-3-4-8-17(15)18/h1-8,18H,11-13H2,(H,22,24)(H,23,27)(H,25,26). The Kier molecular flexibility index (Phi) is 5.92. The van der Waals surface area contributed by atoms with Crippen LogP contribution in [0.4, 0.5) is 4.79 Å². The Morgan fingerprint density at radius 1 is 0.964 bits per heavy atom. The molecule has 2 amide bonds. The number of ether oxygens (including phenoxy) is 1. The molecule has 3 rings (SSSR count). The minimum atomic E-state index is -1.16. The Labute approximate surface area is 161 Å². The molecule has 28 heavy (non-hydrogen) atoms. The SMILES string of the molecule is O=C(O)CNC(=O)CNC(=O)OC1Cc2ccccc2C#Cc2ccccc21. The van der Waals surface area contributed by atoms with Crippen molar-refractivity contribution in [2.24, 2.45) is 0 Å². The van der Waals surface area contributed by atoms with E-state index in [-0.39, 0.29) is 6.54 Å². The summed E-state index contributed by atoms with van der Waals surface area (Å²) >= 11 is 0. The fourth-order valence-electron chi connectivity index (χ4n) is 2.82. The highest BCUT2D eigenvalue weighted by atomic mass is 16.6. The summed E-state index contributed by atoms with van der Waals surface area (Å²) in [5, 5.41) is 13.0. The van der Waals surface area contributed by atoms with Gasteiger partial charge in [-0.1, -0.05) is 48.2 Å². The molecule has 0 aromatic heterocycles. The van der Waals surface area contributed by atoms with Crippen molar-refractivity contribution >= 4 is 18.0 Å². The Bertz CT molecular complexity index is 974. The molecule has 7 nitrogen and oxygen atoms in total. The van der Waals surface area contributed by atoms with Crippen molar-refractivity contribution in [2.75, 3.05) is 13.1 Å². The first-order chi connectivity index (χ1) is 13.5. The van der Waals surface area contributed by atoms with Crippen molar-refractivity contribution in [3.05, 3.63) is 70.8 Å². The third-order valence-corrected chi connectivity index (χ3v) is 4.14. The second kappa shape index (κ2) is 8.73. The first kappa shape index (κ1) is 19.0. The number of rotatable bonds is 5. The zero-order valence-electron chi connectivity index (χ0n) is 14.9. The van der Waals surface area contributed by atoms with E-state index in [1.165, 1.54) is 0 Å². The van der Waals surface area contributed by atoms with Crippen LogP contribution in [0, 0.1) is 11.8 Å². The summed E-state index contributed by atoms with van der Waals surface area (Å²) in [4.78, 5) is 34.2. The normalized spacial score (nSPS) is 14.1. The number of carboxylic acids is 1. The maximum atomic E-state index is 12.2. The van der Waals surface area contributed by atoms with E-state index in [1.807, 2.05) is 48.5 Å². The molecule has 2 aromatic carbocycles. The zero-order chi connectivity index (χ0) is 19.9. The Balaban J connectivity index is 1.72. The molecule has 0 aliphatic heterocycles. The zero-order valence-corrected chi connectivity index (χ0v) is 14.9. The maximum Gasteiger partial charge on any atom is 0.408 e. The molecule has 1 unspecified atom stereocenters. The van der Waals surface area contributed by atoms with Crippen molar-refractivity contribution in [3.63, 3.8) is 0 Å². The van der Waals surface area contributed by atoms with Gasteiger partial charge in [0, 0.05) is 23.1 Å². The molecule has 0 spiro atoms. The molecule has 0 fully saturated rings. The Morgan fingerprint density at radius 2 is 1.64 bits per heavy atom. The third kappa shape index (κ3) is 4.89. The van der Waals surface area contributed by atoms with Crippen molar-refractivity contribution in [3.8, 4) is 11.8 Å². The Hall–Kier alpha value is -3.79. The molecule has 0 radical (unpaired) electrons. The van der Waals surface area contributed by atoms with Crippen LogP contribution in [-0.2, 0) is 20.7 Å². The molecule has 7 heteroatoms. The number of aliphatic carboxylic acids is 1. The van der Waals surface area contributed by atoms with Gasteiger partial charge in [-0.15, -0.1) is 0 Å². The average molecular weight is 378 g/mol. The van der Waals surface area contributed by atoms with Crippen LogP contribution in [0.5, 0.6) is 0 Å². The molecule has 1 aliphatic rings. The molecular formula is C21H18N2O5. The summed E-state index contributed by atoms with van der Waals surface area (Å²) in [6.45, 7) is -0.891. The minimum absolute atomic E-state index is 0.378. The molecule has 1 aliphatic carbocycles. The fourth-order valence-corrected chi connectivity index (χ4v) is 2.82. The predicted molar refractivity (Wildman–Crippen MR) is 100 cm³/mol. The first-order valence-electron chi connectivity index (χ1n) is 8.65. The summed E-state index contributed by atoms with van der Waals surface area (Å²) in [5.74, 6) is 4.49. The summed E-state index contributed by atoms with van der Waals surface area (Å²) in [7, 11) is 0. The largest absolute Gasteiger partial charge is 0.480 e. The third-order valence-electron chi connectivity index (χ3n) is 4.14. The van der Waals surface area contributed by atoms with Crippen LogP contribution in [0.2, 0.25) is 0 Å². The van der Waals surface area contributed by atoms with Gasteiger partial charge in [0.05, 0.1) is 0 Å². The van der Waals surface area contributed by atoms with E-state index in [9.17, 15) is 14.4 Å². The lowest BCUT2D eigenvalue weighted by atomic mass is 9.92. The van der Waals surface area contributed by atoms with E-state index < -0.39 is 30.6 Å². The van der Waals surface area contributed by atoms with Gasteiger partial charge in [-0.25, -0.2) is 4.79 Å². The van der Waals surface area contributed by atoms with Gasteiger partial charge in [-0.3, -0.25) is 9.59 Å². The van der Waals surface area contributed by atoms with Gasteiger partial charge in [0.25, 0.3) is 0 Å². The van der Waals surface area contributed by atoms with Gasteiger partial charge in [0.1, 0.15) is 19.2 Å². The lowest BCUT2D eigenvalue weighted by Gasteiger charge is -2.22. The molecule has 0 heterocycles. The van der Waals surface area contributed by atoms with Crippen molar-refractivity contribution in [1.82, 2.24) is 10.6 Å². The van der Waals surface area contributed by atoms with Gasteiger partial charge in [0.15, 0.2) is 0 Å². The fraction of sp³-hybridized carbons (Fsp3) is 0.190. The highest BCUT2D eigenvalue weighted by Crippen LogP contribution is 2.28. The van der Waals surface area contributed by atoms with Gasteiger partial charge in [0.2, 0.25) is 5.91 Å². The van der Waals surface area contributed by atoms with Gasteiger partial charge in [-0.05, 0) is 17.7 Å². The van der Waals surface area contributed by atoms with E-state index in [4.69, 9.17) is 9.84 Å². The van der Waals surface area contributed by atoms with Gasteiger partial charge >= 0.3 is 12.1 Å². The number of alkyl carbamates (subject to hydrolysis) is 1. The number of hydrogen-bond acceptors (Lipinski definition) is 4. The number of amides is 2. The van der Waals surface area contributed by atoms with Crippen LogP contribution >= 0.6 is 0 Å². The van der Waals surface area contributed by atoms with E-state index in [0.717, 1.165) is 22.3 Å². The van der Waals surface area contributed by atoms with Crippen molar-refractivity contribution < 1.29 is 24.2 Å². The van der Waals surface area contributed by atoms with E-state index in [2.05, 4.69) is 22.5 Å². The quantitative estimate of drug-likeness (QED) is 0.686. The number of hydrogen-bond donors (Lipinski definition) is 3. The summed E-state index contributed by atoms with van der Waals surface area (Å²) in [6.07, 6.45) is -0.897. The predicted octanol–water partition coefficient (Wildman–Crippen LogP) is 1.61. The molecule has 3 N–H and O–H groups in total. The molecular weight excluding hydrogens is 360 g/mol. The smallest absolute Gasteiger partial charge is 0.408 e. The first-order valence-corrected chi connectivity index (χ1v) is 8.65. The number of nitrogens with one attached hydrogen (secondary N) is 2. The van der Waals surface area contributed by atoms with Gasteiger partial charge < -0.3 is 20.5 Å². The summed E-state index contributed by atoms with van der Waals surface area (Å²) in [6, 6.07) is 15.1. The van der Waals surface area contributed by atoms with Crippen molar-refractivity contribution in [2.45, 2.75) is 12.5 Å². The number of carbonyl (C=O) groups excluding carboxylic acids is 2. The highest BCUT2D eigenvalue weighted by Gasteiger charge is 2.22. The second-order valence-electron chi connectivity index (χ2n) is 6.12. The van der Waals surface area contributed by atoms with E-state index in [0.29, 0.717) is 6.42 Å². The average Bonchev–Trinajstić information content (AvgIpc) is 2.68. The molecule has 142 valence electrons. The Morgan fingerprint density at radius 3 is 2.43 bits per heavy atom. The van der Waals surface area contributed by atoms with Crippen LogP contribution in [0.3, 0.4) is 0 Å². The number of fused-ring (bicyclic) bond motifs is 2. The molecule has 0 saturated carbocycles. The number of carbonyl (C=O) groups is 3. The monoisotopic (exact) mass is 378 g/mol. The van der Waals surface area contributed by atoms with Crippen LogP contribution in [0.1, 0.15) is 28.4 Å². The molecule has 1 atom stereocenters. The van der Waals surface area contributed by atoms with Gasteiger partial charge in [-0.2, -0.15) is 0 Å². The molecule has 0 bridgehead atoms. The lowest BCUT2D eigenvalue weighted by molar-refractivity contribution is -0.137. The summed E-state index contributed by atoms with van der Waals surface area (Å²) in [5.41, 5.74) is 3.39. The van der Waals surface area contributed by atoms with Crippen LogP contribution in [-0.4, -0.2) is 36.2 Å². The van der Waals surface area contributed by atoms with Crippen molar-refractivity contribution in [1.29, 1.82) is 0 Å². The number of carboxylic acid groups (broad SMARTS) is 1. The highest BCUT2D eigenvalue weighted by molar-refractivity contribution is 5.85. The van der Waals surface area contributed by atoms with Crippen LogP contribution in [0.25, 0.3) is 0 Å². The number of benzene rings is 2. The van der Waals surface area contributed by atoms with E-state index >= 15 is 0 Å². The summed E-state index contributed by atoms with van der Waals surface area (Å²) < 4.78 is 5.57.